The van der Waals surface area contributed by atoms with Crippen LogP contribution in [0.25, 0.3) is 43.4 Å². The molecule has 0 radical (unpaired) electrons. The van der Waals surface area contributed by atoms with Crippen molar-refractivity contribution in [3.05, 3.63) is 101 Å². The number of piperazine rings is 2. The van der Waals surface area contributed by atoms with E-state index >= 15 is 8.78 Å². The molecule has 3 aromatic carbocycles. The number of thiazole rings is 1. The molecular formula is C68H84F2N12O8S. The molecule has 23 heteroatoms. The molecule has 5 fully saturated rings. The van der Waals surface area contributed by atoms with Crippen LogP contribution >= 0.6 is 11.3 Å². The predicted octanol–water partition coefficient (Wildman–Crippen LogP) is 10.2. The fourth-order valence-corrected chi connectivity index (χ4v) is 15.1. The number of hydrogen-bond donors (Lipinski definition) is 3. The third kappa shape index (κ3) is 13.3. The van der Waals surface area contributed by atoms with Gasteiger partial charge in [0.25, 0.3) is 0 Å². The standard InChI is InChI=1S/C68H84F2N12O8S/c1-10-43-12-11-13-46-28-49(83)29-51(57(43)46)59-58(69)60-52(32-71-59)62(80-34-47-18-19-48(35-80)82(47)66(87)89-67(7,8)9)75-65(74-60)88-27-26-77-22-20-68(70,21-23-77)37-79-25-24-78(33-40(79)4)55-31-54(90-76-55)56(39(2)3)64(86)81-36-50(84)30-53(81)63(85)73-41(5)44-14-16-45(17-15-44)61-42(6)72-38-91-61/h11-17,28-29,31-32,38-41,47-48,50,53,56,83-84H,10,18-27,30,33-37H2,1-9H3,(H,73,85)/t40-,41-,47?,48?,50+,53-,56-/m0/s1. The minimum atomic E-state index is -1.42. The number of piperidine rings is 1. The number of ether oxygens (including phenoxy) is 2. The number of phenols is 1. The number of alkyl halides is 1. The van der Waals surface area contributed by atoms with Crippen LogP contribution in [-0.2, 0) is 20.7 Å². The summed E-state index contributed by atoms with van der Waals surface area (Å²) in [5, 5.41) is 31.2. The first-order chi connectivity index (χ1) is 43.5. The van der Waals surface area contributed by atoms with E-state index in [1.807, 2.05) is 108 Å². The number of hydrogen-bond acceptors (Lipinski definition) is 18. The lowest BCUT2D eigenvalue weighted by Crippen LogP contribution is -2.57. The van der Waals surface area contributed by atoms with Crippen LogP contribution in [0.2, 0.25) is 0 Å². The lowest BCUT2D eigenvalue weighted by atomic mass is 9.91. The van der Waals surface area contributed by atoms with Crippen molar-refractivity contribution >= 4 is 62.6 Å². The molecule has 2 bridgehead atoms. The van der Waals surface area contributed by atoms with Gasteiger partial charge >= 0.3 is 12.1 Å². The van der Waals surface area contributed by atoms with Crippen molar-refractivity contribution in [2.24, 2.45) is 5.92 Å². The largest absolute Gasteiger partial charge is 0.508 e. The fraction of sp³-hybridized carbons (Fsp3) is 0.529. The number of aliphatic hydroxyl groups is 1. The van der Waals surface area contributed by atoms with Gasteiger partial charge in [-0.15, -0.1) is 11.3 Å². The lowest BCUT2D eigenvalue weighted by molar-refractivity contribution is -0.141. The number of β-amino-alcohol motifs (C(OH)–C–C–N with tert-alkyl or cyclic N) is 1. The van der Waals surface area contributed by atoms with E-state index < -0.39 is 35.2 Å². The Balaban J connectivity index is 0.667. The first-order valence-corrected chi connectivity index (χ1v) is 33.1. The van der Waals surface area contributed by atoms with Gasteiger partial charge in [-0.3, -0.25) is 29.3 Å². The normalized spacial score (nSPS) is 22.1. The van der Waals surface area contributed by atoms with Gasteiger partial charge in [0.15, 0.2) is 17.4 Å². The Hall–Kier alpha value is -7.60. The van der Waals surface area contributed by atoms with Gasteiger partial charge in [-0.25, -0.2) is 18.6 Å². The van der Waals surface area contributed by atoms with E-state index in [0.29, 0.717) is 100.0 Å². The summed E-state index contributed by atoms with van der Waals surface area (Å²) >= 11 is 1.58. The Morgan fingerprint density at radius 1 is 0.934 bits per heavy atom. The van der Waals surface area contributed by atoms with Crippen LogP contribution in [0.4, 0.5) is 25.2 Å². The first-order valence-electron chi connectivity index (χ1n) is 32.2. The Bertz CT molecular complexity index is 3800. The van der Waals surface area contributed by atoms with Crippen molar-refractivity contribution in [1.82, 2.24) is 50.0 Å². The summed E-state index contributed by atoms with van der Waals surface area (Å²) in [7, 11) is 0. The summed E-state index contributed by atoms with van der Waals surface area (Å²) in [6.45, 7) is 21.9. The van der Waals surface area contributed by atoms with Crippen molar-refractivity contribution in [1.29, 1.82) is 0 Å². The van der Waals surface area contributed by atoms with Gasteiger partial charge < -0.3 is 44.2 Å². The molecule has 0 saturated carbocycles. The third-order valence-electron chi connectivity index (χ3n) is 19.1. The second-order valence-electron chi connectivity index (χ2n) is 27.0. The molecule has 7 atom stereocenters. The van der Waals surface area contributed by atoms with Crippen LogP contribution in [0.3, 0.4) is 0 Å². The van der Waals surface area contributed by atoms with E-state index in [0.717, 1.165) is 50.9 Å². The number of phenolic OH excluding ortho intramolecular Hbond substituents is 1. The highest BCUT2D eigenvalue weighted by molar-refractivity contribution is 7.13. The molecule has 0 spiro atoms. The van der Waals surface area contributed by atoms with Crippen LogP contribution in [0.5, 0.6) is 11.8 Å². The van der Waals surface area contributed by atoms with E-state index in [4.69, 9.17) is 28.9 Å². The topological polar surface area (TPSA) is 219 Å². The first kappa shape index (κ1) is 63.5. The maximum absolute atomic E-state index is 17.4. The molecule has 5 aliphatic rings. The average molecular weight is 1270 g/mol. The number of aliphatic hydroxyl groups excluding tert-OH is 1. The number of carbonyl (C=O) groups excluding carboxylic acids is 3. The Kier molecular flexibility index (Phi) is 18.0. The molecule has 20 nitrogen and oxygen atoms in total. The zero-order valence-corrected chi connectivity index (χ0v) is 54.3. The molecule has 0 aliphatic carbocycles. The number of aromatic nitrogens is 5. The molecule has 5 aliphatic heterocycles. The number of rotatable bonds is 17. The number of anilines is 2. The summed E-state index contributed by atoms with van der Waals surface area (Å²) in [6.07, 6.45) is 3.39. The summed E-state index contributed by atoms with van der Waals surface area (Å²) in [5.74, 6) is -0.886. The molecule has 9 heterocycles. The molecule has 4 aromatic heterocycles. The van der Waals surface area contributed by atoms with Gasteiger partial charge in [0.05, 0.1) is 45.7 Å². The second kappa shape index (κ2) is 25.8. The Labute approximate surface area is 533 Å². The number of fused-ring (bicyclic) bond motifs is 4. The Morgan fingerprint density at radius 2 is 1.68 bits per heavy atom. The van der Waals surface area contributed by atoms with Gasteiger partial charge in [-0.1, -0.05) is 68.4 Å². The Morgan fingerprint density at radius 3 is 2.36 bits per heavy atom. The second-order valence-corrected chi connectivity index (χ2v) is 27.8. The number of aryl methyl sites for hydroxylation is 2. The van der Waals surface area contributed by atoms with Gasteiger partial charge in [-0.2, -0.15) is 9.97 Å². The highest BCUT2D eigenvalue weighted by Gasteiger charge is 2.47. The average Bonchev–Trinajstić information content (AvgIpc) is 1.46. The number of benzene rings is 3. The van der Waals surface area contributed by atoms with Crippen LogP contribution in [0, 0.1) is 18.7 Å². The zero-order valence-electron chi connectivity index (χ0n) is 53.5. The van der Waals surface area contributed by atoms with E-state index in [2.05, 4.69) is 42.0 Å². The molecule has 3 N–H and O–H groups in total. The number of likely N-dealkylation sites (tertiary alicyclic amines) is 2. The number of nitrogens with one attached hydrogen (secondary N) is 1. The van der Waals surface area contributed by atoms with Crippen LogP contribution in [0.15, 0.2) is 76.9 Å². The van der Waals surface area contributed by atoms with E-state index in [9.17, 15) is 24.6 Å². The van der Waals surface area contributed by atoms with E-state index in [1.165, 1.54) is 4.90 Å². The van der Waals surface area contributed by atoms with Crippen molar-refractivity contribution in [2.75, 3.05) is 81.9 Å². The molecule has 91 heavy (non-hydrogen) atoms. The minimum Gasteiger partial charge on any atom is -0.508 e. The summed E-state index contributed by atoms with van der Waals surface area (Å²) in [6, 6.07) is 17.3. The zero-order chi connectivity index (χ0) is 64.2. The molecule has 12 rings (SSSR count). The van der Waals surface area contributed by atoms with Crippen LogP contribution in [-0.4, -0.2) is 186 Å². The van der Waals surface area contributed by atoms with E-state index in [1.54, 1.807) is 35.7 Å². The van der Waals surface area contributed by atoms with Crippen molar-refractivity contribution in [2.45, 2.75) is 154 Å². The van der Waals surface area contributed by atoms with Gasteiger partial charge in [0.1, 0.15) is 52.6 Å². The van der Waals surface area contributed by atoms with Gasteiger partial charge in [0, 0.05) is 95.7 Å². The van der Waals surface area contributed by atoms with Crippen LogP contribution < -0.4 is 19.9 Å². The highest BCUT2D eigenvalue weighted by atomic mass is 32.1. The smallest absolute Gasteiger partial charge is 0.410 e. The molecule has 2 unspecified atom stereocenters. The molecule has 5 saturated heterocycles. The maximum Gasteiger partial charge on any atom is 0.410 e. The summed E-state index contributed by atoms with van der Waals surface area (Å²) in [4.78, 5) is 73.6. The van der Waals surface area contributed by atoms with Gasteiger partial charge in [0.2, 0.25) is 11.8 Å². The summed E-state index contributed by atoms with van der Waals surface area (Å²) < 4.78 is 52.5. The molecule has 484 valence electrons. The number of aromatic hydroxyl groups is 1. The van der Waals surface area contributed by atoms with Crippen LogP contribution in [0.1, 0.15) is 122 Å². The monoisotopic (exact) mass is 1270 g/mol. The van der Waals surface area contributed by atoms with E-state index in [-0.39, 0.29) is 97.1 Å². The SMILES string of the molecule is CCc1cccc2cc(O)cc(-c3ncc4c(N5CC6CCC(C5)N6C(=O)OC(C)(C)C)nc(OCCN5CCC(F)(CN6CCN(c7cc([C@@H](C(=O)N8C[C@H](O)C[C@H]8C(=O)N[C@@H](C)c8ccc(-c9scnc9C)cc8)C(C)C)on7)C[C@@H]6C)CC5)nc4c3F)c12. The molecular weight excluding hydrogens is 1180 g/mol. The minimum absolute atomic E-state index is 0.0136. The van der Waals surface area contributed by atoms with Crippen molar-refractivity contribution in [3.63, 3.8) is 0 Å². The number of nitrogens with zero attached hydrogens (tertiary/aromatic N) is 11. The number of amides is 3. The van der Waals surface area contributed by atoms with Gasteiger partial charge in [-0.05, 0) is 119 Å². The molecule has 7 aromatic rings. The number of pyridine rings is 1. The quantitative estimate of drug-likeness (QED) is 0.0772. The number of halogens is 2. The maximum atomic E-state index is 17.4. The third-order valence-corrected chi connectivity index (χ3v) is 20.1. The van der Waals surface area contributed by atoms with Crippen molar-refractivity contribution in [3.8, 4) is 33.5 Å². The lowest BCUT2D eigenvalue weighted by Gasteiger charge is -2.44. The molecule has 3 amide bonds. The summed E-state index contributed by atoms with van der Waals surface area (Å²) in [5.41, 5.74) is 4.17. The van der Waals surface area contributed by atoms with Crippen molar-refractivity contribution < 1.29 is 47.4 Å². The predicted molar refractivity (Wildman–Crippen MR) is 346 cm³/mol. The highest BCUT2D eigenvalue weighted by Crippen LogP contribution is 2.42. The fourth-order valence-electron chi connectivity index (χ4n) is 14.3. The number of carbonyl (C=O) groups is 3.